The monoisotopic (exact) mass is 215 g/mol. The lowest BCUT2D eigenvalue weighted by atomic mass is 10.1. The summed E-state index contributed by atoms with van der Waals surface area (Å²) in [6.07, 6.45) is 5.84. The molecular formula is C10H17NO4. The van der Waals surface area contributed by atoms with E-state index in [9.17, 15) is 9.59 Å². The predicted molar refractivity (Wildman–Crippen MR) is 55.7 cm³/mol. The Morgan fingerprint density at radius 2 is 2.07 bits per heavy atom. The van der Waals surface area contributed by atoms with Crippen LogP contribution in [0.15, 0.2) is 12.2 Å². The van der Waals surface area contributed by atoms with Gasteiger partial charge in [-0.15, -0.1) is 0 Å². The van der Waals surface area contributed by atoms with Crippen molar-refractivity contribution in [1.82, 2.24) is 5.32 Å². The molecule has 5 nitrogen and oxygen atoms in total. The van der Waals surface area contributed by atoms with Crippen molar-refractivity contribution in [3.63, 3.8) is 0 Å². The maximum absolute atomic E-state index is 10.7. The van der Waals surface area contributed by atoms with Gasteiger partial charge in [0.1, 0.15) is 6.04 Å². The molecule has 0 saturated heterocycles. The van der Waals surface area contributed by atoms with Crippen molar-refractivity contribution >= 4 is 11.9 Å². The second-order valence-electron chi connectivity index (χ2n) is 3.17. The third kappa shape index (κ3) is 7.69. The minimum Gasteiger partial charge on any atom is -0.480 e. The summed E-state index contributed by atoms with van der Waals surface area (Å²) in [5.41, 5.74) is 0. The van der Waals surface area contributed by atoms with Gasteiger partial charge in [-0.3, -0.25) is 14.9 Å². The quantitative estimate of drug-likeness (QED) is 0.413. The largest absolute Gasteiger partial charge is 0.480 e. The van der Waals surface area contributed by atoms with Gasteiger partial charge in [0.25, 0.3) is 0 Å². The maximum atomic E-state index is 10.7. The molecule has 1 unspecified atom stereocenters. The van der Waals surface area contributed by atoms with Crippen LogP contribution in [0, 0.1) is 0 Å². The molecule has 0 aromatic heterocycles. The summed E-state index contributed by atoms with van der Waals surface area (Å²) in [5.74, 6) is -2.05. The van der Waals surface area contributed by atoms with E-state index in [0.29, 0.717) is 6.42 Å². The zero-order valence-corrected chi connectivity index (χ0v) is 8.77. The highest BCUT2D eigenvalue weighted by Crippen LogP contribution is 2.02. The topological polar surface area (TPSA) is 86.6 Å². The fourth-order valence-corrected chi connectivity index (χ4v) is 1.13. The number of carboxylic acid groups (broad SMARTS) is 2. The standard InChI is InChI=1S/C10H17NO4/c1-2-3-4-5-6-8(10(14)15)11-7-9(12)13/h2-3,8,11H,4-7H2,1H3,(H,12,13)(H,14,15)/b3-2+. The minimum absolute atomic E-state index is 0.319. The number of carbonyl (C=O) groups is 2. The summed E-state index contributed by atoms with van der Waals surface area (Å²) in [5, 5.41) is 19.6. The summed E-state index contributed by atoms with van der Waals surface area (Å²) in [6.45, 7) is 1.58. The number of aliphatic carboxylic acids is 2. The van der Waals surface area contributed by atoms with E-state index in [-0.39, 0.29) is 6.54 Å². The van der Waals surface area contributed by atoms with Crippen LogP contribution in [0.2, 0.25) is 0 Å². The van der Waals surface area contributed by atoms with Crippen LogP contribution in [-0.4, -0.2) is 34.7 Å². The molecule has 0 aromatic rings. The first kappa shape index (κ1) is 13.6. The van der Waals surface area contributed by atoms with E-state index >= 15 is 0 Å². The lowest BCUT2D eigenvalue weighted by molar-refractivity contribution is -0.140. The van der Waals surface area contributed by atoms with Crippen LogP contribution in [0.4, 0.5) is 0 Å². The van der Waals surface area contributed by atoms with E-state index < -0.39 is 18.0 Å². The highest BCUT2D eigenvalue weighted by molar-refractivity contribution is 5.75. The second-order valence-corrected chi connectivity index (χ2v) is 3.17. The number of hydrogen-bond acceptors (Lipinski definition) is 3. The SMILES string of the molecule is C/C=C/CCCC(NCC(=O)O)C(=O)O. The van der Waals surface area contributed by atoms with Crippen molar-refractivity contribution in [3.05, 3.63) is 12.2 Å². The van der Waals surface area contributed by atoms with Gasteiger partial charge in [0.2, 0.25) is 0 Å². The molecular weight excluding hydrogens is 198 g/mol. The van der Waals surface area contributed by atoms with Gasteiger partial charge in [-0.2, -0.15) is 0 Å². The molecule has 0 aromatic carbocycles. The van der Waals surface area contributed by atoms with Crippen LogP contribution < -0.4 is 5.32 Å². The summed E-state index contributed by atoms with van der Waals surface area (Å²) in [7, 11) is 0. The lowest BCUT2D eigenvalue weighted by Crippen LogP contribution is -2.39. The van der Waals surface area contributed by atoms with E-state index in [4.69, 9.17) is 10.2 Å². The van der Waals surface area contributed by atoms with Crippen molar-refractivity contribution in [2.24, 2.45) is 0 Å². The number of carboxylic acids is 2. The molecule has 0 aliphatic carbocycles. The Labute approximate surface area is 88.8 Å². The first-order valence-electron chi connectivity index (χ1n) is 4.87. The zero-order chi connectivity index (χ0) is 11.7. The second kappa shape index (κ2) is 7.99. The van der Waals surface area contributed by atoms with Crippen LogP contribution >= 0.6 is 0 Å². The Kier molecular flexibility index (Phi) is 7.27. The van der Waals surface area contributed by atoms with Crippen molar-refractivity contribution < 1.29 is 19.8 Å². The summed E-state index contributed by atoms with van der Waals surface area (Å²) < 4.78 is 0. The van der Waals surface area contributed by atoms with Crippen molar-refractivity contribution in [2.45, 2.75) is 32.2 Å². The van der Waals surface area contributed by atoms with Gasteiger partial charge in [-0.25, -0.2) is 0 Å². The average molecular weight is 215 g/mol. The summed E-state index contributed by atoms with van der Waals surface area (Å²) in [4.78, 5) is 20.9. The van der Waals surface area contributed by atoms with Crippen molar-refractivity contribution in [3.8, 4) is 0 Å². The zero-order valence-electron chi connectivity index (χ0n) is 8.77. The molecule has 15 heavy (non-hydrogen) atoms. The Morgan fingerprint density at radius 3 is 2.53 bits per heavy atom. The van der Waals surface area contributed by atoms with Crippen LogP contribution in [0.25, 0.3) is 0 Å². The number of rotatable bonds is 8. The van der Waals surface area contributed by atoms with E-state index in [1.807, 2.05) is 19.1 Å². The third-order valence-electron chi connectivity index (χ3n) is 1.90. The lowest BCUT2D eigenvalue weighted by Gasteiger charge is -2.11. The molecule has 0 aliphatic heterocycles. The highest BCUT2D eigenvalue weighted by atomic mass is 16.4. The molecule has 3 N–H and O–H groups in total. The molecule has 0 spiro atoms. The van der Waals surface area contributed by atoms with Crippen molar-refractivity contribution in [1.29, 1.82) is 0 Å². The van der Waals surface area contributed by atoms with Gasteiger partial charge in [0, 0.05) is 0 Å². The summed E-state index contributed by atoms with van der Waals surface area (Å²) >= 11 is 0. The molecule has 0 fully saturated rings. The Hall–Kier alpha value is -1.36. The molecule has 5 heteroatoms. The van der Waals surface area contributed by atoms with Crippen LogP contribution in [0.3, 0.4) is 0 Å². The maximum Gasteiger partial charge on any atom is 0.320 e. The fourth-order valence-electron chi connectivity index (χ4n) is 1.13. The number of nitrogens with one attached hydrogen (secondary N) is 1. The summed E-state index contributed by atoms with van der Waals surface area (Å²) in [6, 6.07) is -0.772. The van der Waals surface area contributed by atoms with Gasteiger partial charge in [0.05, 0.1) is 6.54 Å². The normalized spacial score (nSPS) is 12.9. The van der Waals surface area contributed by atoms with Crippen molar-refractivity contribution in [2.75, 3.05) is 6.54 Å². The predicted octanol–water partition coefficient (Wildman–Crippen LogP) is 0.860. The number of allylic oxidation sites excluding steroid dienone is 2. The molecule has 0 saturated carbocycles. The molecule has 0 aliphatic rings. The molecule has 0 heterocycles. The minimum atomic E-state index is -1.05. The molecule has 86 valence electrons. The number of hydrogen-bond donors (Lipinski definition) is 3. The van der Waals surface area contributed by atoms with Gasteiger partial charge in [-0.05, 0) is 26.2 Å². The van der Waals surface area contributed by atoms with Gasteiger partial charge >= 0.3 is 11.9 Å². The van der Waals surface area contributed by atoms with Gasteiger partial charge in [0.15, 0.2) is 0 Å². The van der Waals surface area contributed by atoms with E-state index in [2.05, 4.69) is 5.32 Å². The van der Waals surface area contributed by atoms with E-state index in [0.717, 1.165) is 12.8 Å². The fraction of sp³-hybridized carbons (Fsp3) is 0.600. The molecule has 1 atom stereocenters. The highest BCUT2D eigenvalue weighted by Gasteiger charge is 2.16. The third-order valence-corrected chi connectivity index (χ3v) is 1.90. The molecule has 0 rings (SSSR count). The average Bonchev–Trinajstić information content (AvgIpc) is 2.15. The van der Waals surface area contributed by atoms with Crippen LogP contribution in [0.5, 0.6) is 0 Å². The smallest absolute Gasteiger partial charge is 0.320 e. The van der Waals surface area contributed by atoms with Gasteiger partial charge < -0.3 is 10.2 Å². The van der Waals surface area contributed by atoms with Crippen LogP contribution in [0.1, 0.15) is 26.2 Å². The molecule has 0 bridgehead atoms. The number of unbranched alkanes of at least 4 members (excludes halogenated alkanes) is 1. The van der Waals surface area contributed by atoms with E-state index in [1.54, 1.807) is 0 Å². The Morgan fingerprint density at radius 1 is 1.40 bits per heavy atom. The molecule has 0 amide bonds. The first-order chi connectivity index (χ1) is 7.07. The Bertz CT molecular complexity index is 238. The first-order valence-corrected chi connectivity index (χ1v) is 4.87. The van der Waals surface area contributed by atoms with Gasteiger partial charge in [-0.1, -0.05) is 12.2 Å². The van der Waals surface area contributed by atoms with E-state index in [1.165, 1.54) is 0 Å². The van der Waals surface area contributed by atoms with Crippen LogP contribution in [-0.2, 0) is 9.59 Å². The Balaban J connectivity index is 3.83. The molecule has 0 radical (unpaired) electrons.